The Bertz CT molecular complexity index is 427. The maximum Gasteiger partial charge on any atom is 0.251 e. The van der Waals surface area contributed by atoms with Gasteiger partial charge in [0.2, 0.25) is 0 Å². The van der Waals surface area contributed by atoms with Gasteiger partial charge < -0.3 is 10.1 Å². The van der Waals surface area contributed by atoms with Crippen molar-refractivity contribution in [1.82, 2.24) is 5.32 Å². The zero-order valence-electron chi connectivity index (χ0n) is 12.0. The summed E-state index contributed by atoms with van der Waals surface area (Å²) in [6.07, 6.45) is 3.57. The average Bonchev–Trinajstić information content (AvgIpc) is 2.44. The van der Waals surface area contributed by atoms with Crippen LogP contribution in [0.15, 0.2) is 24.3 Å². The van der Waals surface area contributed by atoms with E-state index < -0.39 is 0 Å². The van der Waals surface area contributed by atoms with Crippen molar-refractivity contribution in [2.75, 3.05) is 7.11 Å². The van der Waals surface area contributed by atoms with Gasteiger partial charge in [-0.25, -0.2) is 0 Å². The number of carbonyl (C=O) groups excluding carboxylic acids is 1. The Morgan fingerprint density at radius 3 is 2.53 bits per heavy atom. The van der Waals surface area contributed by atoms with Crippen LogP contribution in [0.1, 0.15) is 43.5 Å². The molecule has 0 heterocycles. The van der Waals surface area contributed by atoms with Crippen molar-refractivity contribution < 1.29 is 9.53 Å². The predicted octanol–water partition coefficient (Wildman–Crippen LogP) is 3.25. The summed E-state index contributed by atoms with van der Waals surface area (Å²) in [4.78, 5) is 12.2. The summed E-state index contributed by atoms with van der Waals surface area (Å²) in [5, 5.41) is 3.17. The maximum atomic E-state index is 12.2. The van der Waals surface area contributed by atoms with Crippen LogP contribution in [0.4, 0.5) is 0 Å². The molecule has 0 bridgehead atoms. The lowest BCUT2D eigenvalue weighted by Crippen LogP contribution is -2.43. The second kappa shape index (κ2) is 6.09. The van der Waals surface area contributed by atoms with E-state index in [2.05, 4.69) is 19.2 Å². The summed E-state index contributed by atoms with van der Waals surface area (Å²) < 4.78 is 5.10. The first kappa shape index (κ1) is 13.9. The van der Waals surface area contributed by atoms with E-state index in [1.54, 1.807) is 7.11 Å². The molecule has 0 aromatic heterocycles. The monoisotopic (exact) mass is 261 g/mol. The molecule has 1 aliphatic carbocycles. The minimum absolute atomic E-state index is 0.0219. The molecule has 1 aliphatic rings. The van der Waals surface area contributed by atoms with Crippen LogP contribution in [-0.2, 0) is 0 Å². The Labute approximate surface area is 115 Å². The summed E-state index contributed by atoms with van der Waals surface area (Å²) in [5.74, 6) is 2.04. The highest BCUT2D eigenvalue weighted by Crippen LogP contribution is 2.29. The topological polar surface area (TPSA) is 38.3 Å². The zero-order valence-corrected chi connectivity index (χ0v) is 12.0. The van der Waals surface area contributed by atoms with E-state index in [1.165, 1.54) is 12.8 Å². The molecule has 0 saturated heterocycles. The number of ether oxygens (including phenoxy) is 1. The fourth-order valence-corrected chi connectivity index (χ4v) is 2.78. The van der Waals surface area contributed by atoms with Gasteiger partial charge in [-0.3, -0.25) is 4.79 Å². The molecule has 1 amide bonds. The van der Waals surface area contributed by atoms with Crippen molar-refractivity contribution in [2.24, 2.45) is 11.8 Å². The molecule has 0 radical (unpaired) electrons. The molecule has 0 unspecified atom stereocenters. The normalized spacial score (nSPS) is 26.8. The SMILES string of the molecule is COc1ccc(C(=O)N[C@H]2CCC[C@H](C)[C@H]2C)cc1. The molecule has 1 aromatic carbocycles. The van der Waals surface area contributed by atoms with E-state index in [-0.39, 0.29) is 5.91 Å². The summed E-state index contributed by atoms with van der Waals surface area (Å²) >= 11 is 0. The number of benzene rings is 1. The minimum Gasteiger partial charge on any atom is -0.497 e. The molecule has 0 aliphatic heterocycles. The molecule has 0 spiro atoms. The van der Waals surface area contributed by atoms with Crippen molar-refractivity contribution in [3.8, 4) is 5.75 Å². The van der Waals surface area contributed by atoms with Crippen LogP contribution in [0.2, 0.25) is 0 Å². The van der Waals surface area contributed by atoms with E-state index in [1.807, 2.05) is 24.3 Å². The third-order valence-corrected chi connectivity index (χ3v) is 4.38. The fraction of sp³-hybridized carbons (Fsp3) is 0.562. The molecule has 3 atom stereocenters. The van der Waals surface area contributed by atoms with E-state index in [0.717, 1.165) is 12.2 Å². The Balaban J connectivity index is 1.99. The molecule has 1 aromatic rings. The largest absolute Gasteiger partial charge is 0.497 e. The van der Waals surface area contributed by atoms with Gasteiger partial charge in [-0.05, 0) is 42.5 Å². The standard InChI is InChI=1S/C16H23NO2/c1-11-5-4-6-15(12(11)2)17-16(18)13-7-9-14(19-3)10-8-13/h7-12,15H,4-6H2,1-3H3,(H,17,18)/t11-,12+,15-/m0/s1. The van der Waals surface area contributed by atoms with Crippen LogP contribution in [0.5, 0.6) is 5.75 Å². The highest BCUT2D eigenvalue weighted by atomic mass is 16.5. The van der Waals surface area contributed by atoms with Crippen molar-refractivity contribution in [2.45, 2.75) is 39.2 Å². The second-order valence-electron chi connectivity index (χ2n) is 5.58. The van der Waals surface area contributed by atoms with E-state index in [0.29, 0.717) is 23.4 Å². The Morgan fingerprint density at radius 2 is 1.89 bits per heavy atom. The molecule has 1 fully saturated rings. The van der Waals surface area contributed by atoms with Gasteiger partial charge in [-0.15, -0.1) is 0 Å². The number of methoxy groups -OCH3 is 1. The van der Waals surface area contributed by atoms with Crippen LogP contribution >= 0.6 is 0 Å². The Hall–Kier alpha value is -1.51. The molecule has 1 saturated carbocycles. The first-order chi connectivity index (χ1) is 9.11. The van der Waals surface area contributed by atoms with Crippen LogP contribution in [-0.4, -0.2) is 19.1 Å². The fourth-order valence-electron chi connectivity index (χ4n) is 2.78. The molecule has 2 rings (SSSR count). The number of carbonyl (C=O) groups is 1. The van der Waals surface area contributed by atoms with Crippen molar-refractivity contribution in [1.29, 1.82) is 0 Å². The van der Waals surface area contributed by atoms with E-state index in [4.69, 9.17) is 4.74 Å². The molecule has 3 heteroatoms. The maximum absolute atomic E-state index is 12.2. The quantitative estimate of drug-likeness (QED) is 0.907. The summed E-state index contributed by atoms with van der Waals surface area (Å²) in [7, 11) is 1.63. The number of hydrogen-bond acceptors (Lipinski definition) is 2. The van der Waals surface area contributed by atoms with Crippen molar-refractivity contribution in [3.63, 3.8) is 0 Å². The second-order valence-corrected chi connectivity index (χ2v) is 5.58. The number of nitrogens with one attached hydrogen (secondary N) is 1. The third kappa shape index (κ3) is 3.28. The first-order valence-corrected chi connectivity index (χ1v) is 7.06. The van der Waals surface area contributed by atoms with Gasteiger partial charge in [0.15, 0.2) is 0 Å². The molecule has 104 valence electrons. The van der Waals surface area contributed by atoms with Crippen LogP contribution in [0.25, 0.3) is 0 Å². The lowest BCUT2D eigenvalue weighted by atomic mass is 9.78. The predicted molar refractivity (Wildman–Crippen MR) is 76.4 cm³/mol. The highest BCUT2D eigenvalue weighted by molar-refractivity contribution is 5.94. The number of amides is 1. The molecule has 19 heavy (non-hydrogen) atoms. The average molecular weight is 261 g/mol. The lowest BCUT2D eigenvalue weighted by Gasteiger charge is -2.34. The number of rotatable bonds is 3. The number of hydrogen-bond donors (Lipinski definition) is 1. The lowest BCUT2D eigenvalue weighted by molar-refractivity contribution is 0.0891. The van der Waals surface area contributed by atoms with Gasteiger partial charge in [0.25, 0.3) is 5.91 Å². The molecular weight excluding hydrogens is 238 g/mol. The van der Waals surface area contributed by atoms with Gasteiger partial charge in [0.1, 0.15) is 5.75 Å². The summed E-state index contributed by atoms with van der Waals surface area (Å²) in [6.45, 7) is 4.51. The summed E-state index contributed by atoms with van der Waals surface area (Å²) in [5.41, 5.74) is 0.700. The van der Waals surface area contributed by atoms with Gasteiger partial charge >= 0.3 is 0 Å². The molecule has 1 N–H and O–H groups in total. The van der Waals surface area contributed by atoms with Crippen LogP contribution in [0.3, 0.4) is 0 Å². The molecule has 3 nitrogen and oxygen atoms in total. The third-order valence-electron chi connectivity index (χ3n) is 4.38. The summed E-state index contributed by atoms with van der Waals surface area (Å²) in [6, 6.07) is 7.57. The van der Waals surface area contributed by atoms with Gasteiger partial charge in [-0.1, -0.05) is 26.7 Å². The van der Waals surface area contributed by atoms with E-state index in [9.17, 15) is 4.79 Å². The van der Waals surface area contributed by atoms with Gasteiger partial charge in [0, 0.05) is 11.6 Å². The highest BCUT2D eigenvalue weighted by Gasteiger charge is 2.28. The Morgan fingerprint density at radius 1 is 1.21 bits per heavy atom. The van der Waals surface area contributed by atoms with E-state index >= 15 is 0 Å². The van der Waals surface area contributed by atoms with Gasteiger partial charge in [0.05, 0.1) is 7.11 Å². The van der Waals surface area contributed by atoms with Gasteiger partial charge in [-0.2, -0.15) is 0 Å². The van der Waals surface area contributed by atoms with Crippen molar-refractivity contribution >= 4 is 5.91 Å². The first-order valence-electron chi connectivity index (χ1n) is 7.06. The van der Waals surface area contributed by atoms with Crippen molar-refractivity contribution in [3.05, 3.63) is 29.8 Å². The van der Waals surface area contributed by atoms with Crippen LogP contribution in [0, 0.1) is 11.8 Å². The smallest absolute Gasteiger partial charge is 0.251 e. The van der Waals surface area contributed by atoms with Crippen LogP contribution < -0.4 is 10.1 Å². The Kier molecular flexibility index (Phi) is 4.46. The zero-order chi connectivity index (χ0) is 13.8. The molecular formula is C16H23NO2. The minimum atomic E-state index is 0.0219.